The molecule has 8 heteroatoms. The lowest BCUT2D eigenvalue weighted by Crippen LogP contribution is -2.21. The van der Waals surface area contributed by atoms with Crippen LogP contribution in [0.2, 0.25) is 0 Å². The standard InChI is InChI=1S/C19H9BrF3NO3/c20-13-5-9-6-17(24(25)26)19(12-7-15(22)16(23)8-14(12)21)27-18(9)11-4-2-1-3-10(11)13/h1-8,19H. The van der Waals surface area contributed by atoms with E-state index in [4.69, 9.17) is 4.74 Å². The van der Waals surface area contributed by atoms with Crippen molar-refractivity contribution in [2.24, 2.45) is 0 Å². The lowest BCUT2D eigenvalue weighted by molar-refractivity contribution is -0.434. The first-order chi connectivity index (χ1) is 12.9. The average molecular weight is 436 g/mol. The summed E-state index contributed by atoms with van der Waals surface area (Å²) >= 11 is 3.42. The molecule has 3 aromatic rings. The second kappa shape index (κ2) is 6.38. The van der Waals surface area contributed by atoms with Gasteiger partial charge in [0.2, 0.25) is 6.10 Å². The third-order valence-electron chi connectivity index (χ3n) is 4.31. The van der Waals surface area contributed by atoms with E-state index in [1.165, 1.54) is 6.08 Å². The van der Waals surface area contributed by atoms with Crippen LogP contribution in [0.1, 0.15) is 17.2 Å². The van der Waals surface area contributed by atoms with Crippen LogP contribution in [-0.4, -0.2) is 4.92 Å². The topological polar surface area (TPSA) is 52.4 Å². The zero-order chi connectivity index (χ0) is 19.3. The molecule has 0 aliphatic carbocycles. The van der Waals surface area contributed by atoms with Crippen LogP contribution in [-0.2, 0) is 0 Å². The van der Waals surface area contributed by atoms with E-state index in [-0.39, 0.29) is 0 Å². The normalized spacial score (nSPS) is 15.9. The van der Waals surface area contributed by atoms with Crippen molar-refractivity contribution < 1.29 is 22.8 Å². The molecule has 0 N–H and O–H groups in total. The Morgan fingerprint density at radius 1 is 1.00 bits per heavy atom. The number of fused-ring (bicyclic) bond motifs is 3. The molecule has 0 spiro atoms. The molecule has 0 amide bonds. The minimum absolute atomic E-state index is 0.300. The molecule has 3 aromatic carbocycles. The molecular weight excluding hydrogens is 427 g/mol. The molecule has 1 atom stereocenters. The van der Waals surface area contributed by atoms with Crippen molar-refractivity contribution in [3.05, 3.63) is 91.3 Å². The SMILES string of the molecule is O=[N+]([O-])C1=Cc2cc(Br)c3ccccc3c2OC1c1cc(F)c(F)cc1F. The first kappa shape index (κ1) is 17.5. The van der Waals surface area contributed by atoms with Gasteiger partial charge in [-0.3, -0.25) is 10.1 Å². The number of hydrogen-bond acceptors (Lipinski definition) is 3. The van der Waals surface area contributed by atoms with Gasteiger partial charge in [-0.1, -0.05) is 40.2 Å². The summed E-state index contributed by atoms with van der Waals surface area (Å²) in [7, 11) is 0. The maximum atomic E-state index is 14.3. The van der Waals surface area contributed by atoms with Gasteiger partial charge in [0, 0.05) is 33.1 Å². The predicted octanol–water partition coefficient (Wildman–Crippen LogP) is 5.77. The fourth-order valence-electron chi connectivity index (χ4n) is 3.09. The van der Waals surface area contributed by atoms with Crippen LogP contribution in [0.4, 0.5) is 13.2 Å². The molecule has 1 aliphatic rings. The second-order valence-corrected chi connectivity index (χ2v) is 6.79. The van der Waals surface area contributed by atoms with Crippen LogP contribution in [0.15, 0.2) is 52.6 Å². The third kappa shape index (κ3) is 2.86. The van der Waals surface area contributed by atoms with Crippen LogP contribution in [0.5, 0.6) is 5.75 Å². The first-order valence-corrected chi connectivity index (χ1v) is 8.54. The van der Waals surface area contributed by atoms with E-state index in [1.807, 2.05) is 12.1 Å². The van der Waals surface area contributed by atoms with E-state index in [1.54, 1.807) is 18.2 Å². The van der Waals surface area contributed by atoms with Crippen molar-refractivity contribution >= 4 is 32.8 Å². The van der Waals surface area contributed by atoms with Gasteiger partial charge in [-0.25, -0.2) is 13.2 Å². The number of rotatable bonds is 2. The van der Waals surface area contributed by atoms with E-state index in [0.717, 1.165) is 5.39 Å². The molecular formula is C19H9BrF3NO3. The highest BCUT2D eigenvalue weighted by molar-refractivity contribution is 9.10. The molecule has 1 heterocycles. The van der Waals surface area contributed by atoms with Crippen LogP contribution in [0.3, 0.4) is 0 Å². The van der Waals surface area contributed by atoms with Crippen molar-refractivity contribution in [3.63, 3.8) is 0 Å². The summed E-state index contributed by atoms with van der Waals surface area (Å²) in [6.45, 7) is 0. The van der Waals surface area contributed by atoms with Gasteiger partial charge in [0.05, 0.1) is 4.92 Å². The van der Waals surface area contributed by atoms with E-state index in [0.29, 0.717) is 33.3 Å². The highest BCUT2D eigenvalue weighted by atomic mass is 79.9. The van der Waals surface area contributed by atoms with Gasteiger partial charge in [-0.2, -0.15) is 0 Å². The van der Waals surface area contributed by atoms with Crippen LogP contribution in [0.25, 0.3) is 16.8 Å². The summed E-state index contributed by atoms with van der Waals surface area (Å²) in [4.78, 5) is 10.8. The molecule has 0 aromatic heterocycles. The average Bonchev–Trinajstić information content (AvgIpc) is 2.64. The smallest absolute Gasteiger partial charge is 0.291 e. The quantitative estimate of drug-likeness (QED) is 0.291. The maximum absolute atomic E-state index is 14.3. The highest BCUT2D eigenvalue weighted by Crippen LogP contribution is 2.44. The summed E-state index contributed by atoms with van der Waals surface area (Å²) < 4.78 is 47.7. The molecule has 1 unspecified atom stereocenters. The number of halogens is 4. The molecule has 0 radical (unpaired) electrons. The fourth-order valence-corrected chi connectivity index (χ4v) is 3.68. The Balaban J connectivity index is 1.97. The lowest BCUT2D eigenvalue weighted by atomic mass is 9.97. The van der Waals surface area contributed by atoms with Crippen LogP contribution < -0.4 is 4.74 Å². The van der Waals surface area contributed by atoms with E-state index < -0.39 is 39.7 Å². The van der Waals surface area contributed by atoms with Gasteiger partial charge >= 0.3 is 0 Å². The zero-order valence-electron chi connectivity index (χ0n) is 13.4. The van der Waals surface area contributed by atoms with Gasteiger partial charge in [-0.05, 0) is 17.5 Å². The summed E-state index contributed by atoms with van der Waals surface area (Å²) in [5.41, 5.74) is -0.504. The second-order valence-electron chi connectivity index (χ2n) is 5.93. The van der Waals surface area contributed by atoms with Crippen molar-refractivity contribution in [1.82, 2.24) is 0 Å². The van der Waals surface area contributed by atoms with E-state index in [2.05, 4.69) is 15.9 Å². The Morgan fingerprint density at radius 2 is 1.67 bits per heavy atom. The van der Waals surface area contributed by atoms with Crippen molar-refractivity contribution in [2.75, 3.05) is 0 Å². The highest BCUT2D eigenvalue weighted by Gasteiger charge is 2.36. The molecule has 4 rings (SSSR count). The van der Waals surface area contributed by atoms with Gasteiger partial charge in [-0.15, -0.1) is 0 Å². The fraction of sp³-hybridized carbons (Fsp3) is 0.0526. The molecule has 0 saturated carbocycles. The number of ether oxygens (including phenoxy) is 1. The summed E-state index contributed by atoms with van der Waals surface area (Å²) in [5, 5.41) is 13.0. The molecule has 136 valence electrons. The zero-order valence-corrected chi connectivity index (χ0v) is 15.0. The Hall–Kier alpha value is -2.87. The number of benzene rings is 3. The predicted molar refractivity (Wildman–Crippen MR) is 96.3 cm³/mol. The Labute approximate surface area is 159 Å². The summed E-state index contributed by atoms with van der Waals surface area (Å²) in [6, 6.07) is 9.73. The summed E-state index contributed by atoms with van der Waals surface area (Å²) in [5.74, 6) is -3.53. The van der Waals surface area contributed by atoms with E-state index in [9.17, 15) is 23.3 Å². The number of nitrogens with zero attached hydrogens (tertiary/aromatic N) is 1. The van der Waals surface area contributed by atoms with Gasteiger partial charge < -0.3 is 4.74 Å². The van der Waals surface area contributed by atoms with Gasteiger partial charge in [0.25, 0.3) is 5.70 Å². The number of hydrogen-bond donors (Lipinski definition) is 0. The van der Waals surface area contributed by atoms with Crippen molar-refractivity contribution in [3.8, 4) is 5.75 Å². The molecule has 0 bridgehead atoms. The molecule has 0 fully saturated rings. The van der Waals surface area contributed by atoms with Crippen LogP contribution in [0, 0.1) is 27.6 Å². The Morgan fingerprint density at radius 3 is 2.37 bits per heavy atom. The largest absolute Gasteiger partial charge is 0.473 e. The minimum atomic E-state index is -1.52. The lowest BCUT2D eigenvalue weighted by Gasteiger charge is -2.24. The molecule has 27 heavy (non-hydrogen) atoms. The summed E-state index contributed by atoms with van der Waals surface area (Å²) in [6.07, 6.45) is -0.270. The van der Waals surface area contributed by atoms with Crippen LogP contribution >= 0.6 is 15.9 Å². The minimum Gasteiger partial charge on any atom is -0.473 e. The Kier molecular flexibility index (Phi) is 4.15. The van der Waals surface area contributed by atoms with Gasteiger partial charge in [0.15, 0.2) is 11.6 Å². The van der Waals surface area contributed by atoms with Crippen molar-refractivity contribution in [1.29, 1.82) is 0 Å². The third-order valence-corrected chi connectivity index (χ3v) is 4.97. The Bertz CT molecular complexity index is 1150. The van der Waals surface area contributed by atoms with Gasteiger partial charge in [0.1, 0.15) is 11.6 Å². The molecule has 4 nitrogen and oxygen atoms in total. The monoisotopic (exact) mass is 435 g/mol. The number of nitro groups is 1. The van der Waals surface area contributed by atoms with E-state index >= 15 is 0 Å². The molecule has 1 aliphatic heterocycles. The first-order valence-electron chi connectivity index (χ1n) is 7.75. The molecule has 0 saturated heterocycles. The van der Waals surface area contributed by atoms with Crippen molar-refractivity contribution in [2.45, 2.75) is 6.10 Å². The maximum Gasteiger partial charge on any atom is 0.291 e.